The third-order valence-corrected chi connectivity index (χ3v) is 3.01. The molecule has 0 saturated carbocycles. The Morgan fingerprint density at radius 1 is 1.32 bits per heavy atom. The van der Waals surface area contributed by atoms with Gasteiger partial charge in [0.15, 0.2) is 0 Å². The lowest BCUT2D eigenvalue weighted by molar-refractivity contribution is -0.122. The minimum atomic E-state index is -0.0291. The van der Waals surface area contributed by atoms with Gasteiger partial charge in [0.1, 0.15) is 11.5 Å². The van der Waals surface area contributed by atoms with Gasteiger partial charge in [0.05, 0.1) is 18.7 Å². The number of nitrogens with zero attached hydrogens (tertiary/aromatic N) is 3. The van der Waals surface area contributed by atoms with Gasteiger partial charge in [-0.3, -0.25) is 9.69 Å². The van der Waals surface area contributed by atoms with E-state index in [1.165, 1.54) is 0 Å². The largest absolute Gasteiger partial charge is 0.466 e. The van der Waals surface area contributed by atoms with Gasteiger partial charge in [-0.2, -0.15) is 0 Å². The summed E-state index contributed by atoms with van der Waals surface area (Å²) in [6, 6.07) is 2.00. The first-order valence-electron chi connectivity index (χ1n) is 7.23. The van der Waals surface area contributed by atoms with Crippen LogP contribution in [0.2, 0.25) is 0 Å². The highest BCUT2D eigenvalue weighted by Gasteiger charge is 2.16. The van der Waals surface area contributed by atoms with Gasteiger partial charge in [-0.05, 0) is 40.8 Å². The number of likely N-dealkylation sites (N-methyl/N-ethyl adjacent to an activating group) is 1. The molecule has 2 rings (SSSR count). The molecule has 2 aromatic rings. The smallest absolute Gasteiger partial charge is 0.251 e. The highest BCUT2D eigenvalue weighted by molar-refractivity contribution is 5.78. The van der Waals surface area contributed by atoms with Gasteiger partial charge in [0.2, 0.25) is 11.8 Å². The van der Waals surface area contributed by atoms with Gasteiger partial charge in [-0.15, -0.1) is 10.2 Å². The van der Waals surface area contributed by atoms with Crippen LogP contribution in [0.4, 0.5) is 0 Å². The predicted octanol–water partition coefficient (Wildman–Crippen LogP) is 1.90. The van der Waals surface area contributed by atoms with Crippen LogP contribution < -0.4 is 5.32 Å². The average Bonchev–Trinajstić information content (AvgIpc) is 2.94. The molecule has 7 heteroatoms. The molecular weight excluding hydrogens is 284 g/mol. The average molecular weight is 306 g/mol. The first-order chi connectivity index (χ1) is 10.3. The second-order valence-corrected chi connectivity index (χ2v) is 5.72. The second kappa shape index (κ2) is 6.74. The Kier molecular flexibility index (Phi) is 4.97. The van der Waals surface area contributed by atoms with Crippen LogP contribution in [0.25, 0.3) is 11.5 Å². The SMILES string of the molecule is Cc1cc(-c2nnc(CN(C)CC(=O)NC(C)C)o2)c(C)o1. The zero-order chi connectivity index (χ0) is 16.3. The molecule has 0 spiro atoms. The first-order valence-corrected chi connectivity index (χ1v) is 7.23. The molecule has 2 heterocycles. The molecule has 0 unspecified atom stereocenters. The molecule has 2 aromatic heterocycles. The van der Waals surface area contributed by atoms with Crippen LogP contribution in [0.3, 0.4) is 0 Å². The van der Waals surface area contributed by atoms with Crippen molar-refractivity contribution in [1.29, 1.82) is 0 Å². The van der Waals surface area contributed by atoms with Gasteiger partial charge in [-0.1, -0.05) is 0 Å². The Balaban J connectivity index is 1.97. The molecule has 0 fully saturated rings. The van der Waals surface area contributed by atoms with Crippen molar-refractivity contribution >= 4 is 5.91 Å². The zero-order valence-electron chi connectivity index (χ0n) is 13.6. The second-order valence-electron chi connectivity index (χ2n) is 5.72. The summed E-state index contributed by atoms with van der Waals surface area (Å²) in [6.07, 6.45) is 0. The maximum Gasteiger partial charge on any atom is 0.251 e. The van der Waals surface area contributed by atoms with Gasteiger partial charge >= 0.3 is 0 Å². The van der Waals surface area contributed by atoms with Crippen molar-refractivity contribution in [2.45, 2.75) is 40.3 Å². The number of aryl methyl sites for hydroxylation is 2. The Hall–Kier alpha value is -2.15. The minimum Gasteiger partial charge on any atom is -0.466 e. The summed E-state index contributed by atoms with van der Waals surface area (Å²) in [5.74, 6) is 2.42. The number of hydrogen-bond acceptors (Lipinski definition) is 6. The van der Waals surface area contributed by atoms with Crippen LogP contribution >= 0.6 is 0 Å². The van der Waals surface area contributed by atoms with Crippen molar-refractivity contribution < 1.29 is 13.6 Å². The highest BCUT2D eigenvalue weighted by atomic mass is 16.4. The number of furan rings is 1. The molecule has 0 atom stereocenters. The summed E-state index contributed by atoms with van der Waals surface area (Å²) < 4.78 is 11.1. The number of nitrogens with one attached hydrogen (secondary N) is 1. The summed E-state index contributed by atoms with van der Waals surface area (Å²) in [6.45, 7) is 8.27. The van der Waals surface area contributed by atoms with E-state index in [0.29, 0.717) is 18.3 Å². The molecule has 0 saturated heterocycles. The number of amides is 1. The van der Waals surface area contributed by atoms with Crippen LogP contribution in [0.1, 0.15) is 31.3 Å². The molecule has 1 amide bonds. The number of carbonyl (C=O) groups excluding carboxylic acids is 1. The van der Waals surface area contributed by atoms with Crippen LogP contribution in [-0.2, 0) is 11.3 Å². The molecular formula is C15H22N4O3. The number of rotatable bonds is 6. The minimum absolute atomic E-state index is 0.0291. The van der Waals surface area contributed by atoms with Crippen LogP contribution in [0, 0.1) is 13.8 Å². The quantitative estimate of drug-likeness (QED) is 0.877. The van der Waals surface area contributed by atoms with E-state index >= 15 is 0 Å². The van der Waals surface area contributed by atoms with E-state index in [0.717, 1.165) is 17.1 Å². The van der Waals surface area contributed by atoms with E-state index in [9.17, 15) is 4.79 Å². The number of carbonyl (C=O) groups is 1. The van der Waals surface area contributed by atoms with Crippen LogP contribution in [0.5, 0.6) is 0 Å². The van der Waals surface area contributed by atoms with Gasteiger partial charge in [-0.25, -0.2) is 0 Å². The Bertz CT molecular complexity index is 645. The van der Waals surface area contributed by atoms with E-state index in [1.54, 1.807) is 0 Å². The summed E-state index contributed by atoms with van der Waals surface area (Å²) in [7, 11) is 1.83. The maximum atomic E-state index is 11.7. The van der Waals surface area contributed by atoms with Crippen molar-refractivity contribution in [3.05, 3.63) is 23.5 Å². The van der Waals surface area contributed by atoms with Crippen molar-refractivity contribution in [3.63, 3.8) is 0 Å². The summed E-state index contributed by atoms with van der Waals surface area (Å²) in [5, 5.41) is 10.9. The van der Waals surface area contributed by atoms with Gasteiger partial charge in [0.25, 0.3) is 5.89 Å². The third-order valence-electron chi connectivity index (χ3n) is 3.01. The summed E-state index contributed by atoms with van der Waals surface area (Å²) in [4.78, 5) is 13.5. The molecule has 0 aliphatic heterocycles. The molecule has 0 aliphatic rings. The molecule has 7 nitrogen and oxygen atoms in total. The van der Waals surface area contributed by atoms with Crippen molar-refractivity contribution in [3.8, 4) is 11.5 Å². The van der Waals surface area contributed by atoms with E-state index in [-0.39, 0.29) is 18.5 Å². The Morgan fingerprint density at radius 3 is 2.64 bits per heavy atom. The van der Waals surface area contributed by atoms with Crippen molar-refractivity contribution in [1.82, 2.24) is 20.4 Å². The lowest BCUT2D eigenvalue weighted by atomic mass is 10.2. The molecule has 0 radical (unpaired) electrons. The molecule has 1 N–H and O–H groups in total. The Morgan fingerprint density at radius 2 is 2.05 bits per heavy atom. The first kappa shape index (κ1) is 16.2. The van der Waals surface area contributed by atoms with Gasteiger partial charge < -0.3 is 14.2 Å². The Labute approximate surface area is 129 Å². The topological polar surface area (TPSA) is 84.4 Å². The molecule has 0 bridgehead atoms. The van der Waals surface area contributed by atoms with Crippen LogP contribution in [0.15, 0.2) is 14.9 Å². The van der Waals surface area contributed by atoms with Gasteiger partial charge in [0, 0.05) is 6.04 Å². The fourth-order valence-corrected chi connectivity index (χ4v) is 2.17. The molecule has 22 heavy (non-hydrogen) atoms. The standard InChI is InChI=1S/C15H22N4O3/c1-9(2)16-13(20)7-19(5)8-14-17-18-15(22-14)12-6-10(3)21-11(12)4/h6,9H,7-8H2,1-5H3,(H,16,20). The molecule has 0 aromatic carbocycles. The monoisotopic (exact) mass is 306 g/mol. The van der Waals surface area contributed by atoms with E-state index in [2.05, 4.69) is 15.5 Å². The van der Waals surface area contributed by atoms with Crippen LogP contribution in [-0.4, -0.2) is 40.6 Å². The summed E-state index contributed by atoms with van der Waals surface area (Å²) >= 11 is 0. The van der Waals surface area contributed by atoms with E-state index < -0.39 is 0 Å². The molecule has 120 valence electrons. The zero-order valence-corrected chi connectivity index (χ0v) is 13.6. The fourth-order valence-electron chi connectivity index (χ4n) is 2.17. The number of hydrogen-bond donors (Lipinski definition) is 1. The van der Waals surface area contributed by atoms with Crippen molar-refractivity contribution in [2.75, 3.05) is 13.6 Å². The lowest BCUT2D eigenvalue weighted by Gasteiger charge is -2.15. The number of aromatic nitrogens is 2. The lowest BCUT2D eigenvalue weighted by Crippen LogP contribution is -2.38. The molecule has 0 aliphatic carbocycles. The van der Waals surface area contributed by atoms with Crippen molar-refractivity contribution in [2.24, 2.45) is 0 Å². The van der Waals surface area contributed by atoms with E-state index in [1.807, 2.05) is 45.7 Å². The summed E-state index contributed by atoms with van der Waals surface area (Å²) in [5.41, 5.74) is 0.802. The fraction of sp³-hybridized carbons (Fsp3) is 0.533. The maximum absolute atomic E-state index is 11.7. The predicted molar refractivity (Wildman–Crippen MR) is 81.1 cm³/mol. The van der Waals surface area contributed by atoms with E-state index in [4.69, 9.17) is 8.83 Å². The highest BCUT2D eigenvalue weighted by Crippen LogP contribution is 2.25. The normalized spacial score (nSPS) is 11.4. The third kappa shape index (κ3) is 4.17.